The molecule has 180 valence electrons. The first-order valence-corrected chi connectivity index (χ1v) is 12.5. The van der Waals surface area contributed by atoms with Crippen molar-refractivity contribution in [1.29, 1.82) is 0 Å². The van der Waals surface area contributed by atoms with Crippen LogP contribution >= 0.6 is 0 Å². The number of carbonyl (C=O) groups is 1. The first kappa shape index (κ1) is 23.9. The first-order valence-electron chi connectivity index (χ1n) is 12.5. The molecule has 8 heteroatoms. The Balaban J connectivity index is 0.00000133. The van der Waals surface area contributed by atoms with E-state index in [-0.39, 0.29) is 5.91 Å². The monoisotopic (exact) mass is 461 g/mol. The van der Waals surface area contributed by atoms with E-state index in [1.54, 1.807) is 6.33 Å². The van der Waals surface area contributed by atoms with Crippen LogP contribution in [0.1, 0.15) is 69.3 Å². The molecule has 0 aliphatic heterocycles. The van der Waals surface area contributed by atoms with Crippen molar-refractivity contribution in [3.05, 3.63) is 48.7 Å². The van der Waals surface area contributed by atoms with Crippen LogP contribution in [-0.2, 0) is 7.05 Å². The van der Waals surface area contributed by atoms with Gasteiger partial charge in [0.1, 0.15) is 24.2 Å². The maximum Gasteiger partial charge on any atom is 0.274 e. The predicted octanol–water partition coefficient (Wildman–Crippen LogP) is 5.10. The molecule has 2 fully saturated rings. The first-order chi connectivity index (χ1) is 16.7. The van der Waals surface area contributed by atoms with Gasteiger partial charge in [0.15, 0.2) is 5.82 Å². The predicted molar refractivity (Wildman–Crippen MR) is 135 cm³/mol. The van der Waals surface area contributed by atoms with Gasteiger partial charge in [-0.15, -0.1) is 10.2 Å². The number of nitrogens with one attached hydrogen (secondary N) is 1. The van der Waals surface area contributed by atoms with E-state index >= 15 is 0 Å². The molecule has 2 aliphatic carbocycles. The Labute approximate surface area is 201 Å². The third kappa shape index (κ3) is 5.79. The number of rotatable bonds is 7. The molecular formula is C26H35N7O. The van der Waals surface area contributed by atoms with Crippen molar-refractivity contribution in [2.24, 2.45) is 13.0 Å². The van der Waals surface area contributed by atoms with E-state index in [1.165, 1.54) is 51.3 Å². The van der Waals surface area contributed by atoms with Crippen LogP contribution in [-0.4, -0.2) is 43.2 Å². The smallest absolute Gasteiger partial charge is 0.274 e. The Morgan fingerprint density at radius 2 is 1.79 bits per heavy atom. The van der Waals surface area contributed by atoms with Crippen LogP contribution in [0.2, 0.25) is 0 Å². The molecule has 34 heavy (non-hydrogen) atoms. The molecule has 0 radical (unpaired) electrons. The minimum absolute atomic E-state index is 0.227. The number of aromatic nitrogens is 5. The van der Waals surface area contributed by atoms with Gasteiger partial charge in [-0.3, -0.25) is 4.79 Å². The average molecular weight is 462 g/mol. The fourth-order valence-electron chi connectivity index (χ4n) is 4.47. The van der Waals surface area contributed by atoms with Gasteiger partial charge in [-0.25, -0.2) is 9.97 Å². The summed E-state index contributed by atoms with van der Waals surface area (Å²) in [5.74, 6) is 2.19. The quantitative estimate of drug-likeness (QED) is 0.527. The number of amides is 1. The van der Waals surface area contributed by atoms with Crippen LogP contribution in [0.15, 0.2) is 43.0 Å². The molecule has 1 amide bonds. The Morgan fingerprint density at radius 3 is 2.44 bits per heavy atom. The van der Waals surface area contributed by atoms with E-state index in [9.17, 15) is 4.79 Å². The molecule has 0 atom stereocenters. The summed E-state index contributed by atoms with van der Waals surface area (Å²) in [6, 6.07) is 9.94. The van der Waals surface area contributed by atoms with Crippen molar-refractivity contribution in [2.45, 2.75) is 64.8 Å². The van der Waals surface area contributed by atoms with Crippen LogP contribution in [0.4, 0.5) is 11.5 Å². The molecule has 0 bridgehead atoms. The van der Waals surface area contributed by atoms with Crippen molar-refractivity contribution < 1.29 is 4.79 Å². The molecule has 2 aliphatic rings. The topological polar surface area (TPSA) is 88.8 Å². The van der Waals surface area contributed by atoms with Crippen LogP contribution in [0, 0.1) is 5.92 Å². The van der Waals surface area contributed by atoms with Gasteiger partial charge in [-0.2, -0.15) is 0 Å². The zero-order valence-electron chi connectivity index (χ0n) is 20.4. The second-order valence-electron chi connectivity index (χ2n) is 8.95. The second-order valence-corrected chi connectivity index (χ2v) is 8.95. The van der Waals surface area contributed by atoms with E-state index in [2.05, 4.69) is 30.4 Å². The number of hydrogen-bond donors (Lipinski definition) is 1. The van der Waals surface area contributed by atoms with E-state index in [0.717, 1.165) is 29.7 Å². The Morgan fingerprint density at radius 1 is 1.06 bits per heavy atom. The summed E-state index contributed by atoms with van der Waals surface area (Å²) in [6.07, 6.45) is 12.1. The number of aryl methyl sites for hydroxylation is 1. The SMILES string of the molecule is CC.Cn1cnnc1-c1ccc(NC(=O)c2cc(N(CC3CC3)C3CCCCC3)ncn2)cc1. The lowest BCUT2D eigenvalue weighted by atomic mass is 9.94. The molecule has 0 spiro atoms. The van der Waals surface area contributed by atoms with Gasteiger partial charge in [-0.05, 0) is 55.9 Å². The maximum absolute atomic E-state index is 12.9. The van der Waals surface area contributed by atoms with E-state index in [1.807, 2.05) is 55.8 Å². The number of nitrogens with zero attached hydrogens (tertiary/aromatic N) is 6. The van der Waals surface area contributed by atoms with Crippen molar-refractivity contribution in [3.63, 3.8) is 0 Å². The van der Waals surface area contributed by atoms with Crippen molar-refractivity contribution in [3.8, 4) is 11.4 Å². The fourth-order valence-corrected chi connectivity index (χ4v) is 4.47. The standard InChI is InChI=1S/C24H29N7O.C2H6/c1-30-16-27-29-23(30)18-9-11-19(12-10-18)28-24(32)21-13-22(26-15-25-21)31(14-17-7-8-17)20-5-3-2-4-6-20;1-2/h9-13,15-17,20H,2-8,14H2,1H3,(H,28,32);1-2H3. The summed E-state index contributed by atoms with van der Waals surface area (Å²) in [6.45, 7) is 5.03. The molecule has 2 saturated carbocycles. The Hall–Kier alpha value is -3.29. The molecule has 8 nitrogen and oxygen atoms in total. The molecule has 2 aromatic heterocycles. The van der Waals surface area contributed by atoms with Gasteiger partial charge in [0, 0.05) is 37.0 Å². The van der Waals surface area contributed by atoms with E-state index in [4.69, 9.17) is 0 Å². The van der Waals surface area contributed by atoms with Crippen LogP contribution in [0.5, 0.6) is 0 Å². The lowest BCUT2D eigenvalue weighted by Gasteiger charge is -2.35. The largest absolute Gasteiger partial charge is 0.353 e. The zero-order chi connectivity index (χ0) is 23.9. The number of hydrogen-bond acceptors (Lipinski definition) is 6. The van der Waals surface area contributed by atoms with Crippen LogP contribution in [0.3, 0.4) is 0 Å². The van der Waals surface area contributed by atoms with Crippen molar-refractivity contribution in [1.82, 2.24) is 24.7 Å². The Bertz CT molecular complexity index is 1070. The van der Waals surface area contributed by atoms with Crippen molar-refractivity contribution in [2.75, 3.05) is 16.8 Å². The Kier molecular flexibility index (Phi) is 7.87. The van der Waals surface area contributed by atoms with Gasteiger partial charge in [0.05, 0.1) is 0 Å². The molecule has 1 N–H and O–H groups in total. The summed E-state index contributed by atoms with van der Waals surface area (Å²) in [5.41, 5.74) is 2.04. The van der Waals surface area contributed by atoms with Crippen molar-refractivity contribution >= 4 is 17.4 Å². The minimum atomic E-state index is -0.227. The van der Waals surface area contributed by atoms with E-state index < -0.39 is 0 Å². The third-order valence-corrected chi connectivity index (χ3v) is 6.46. The highest BCUT2D eigenvalue weighted by Crippen LogP contribution is 2.34. The summed E-state index contributed by atoms with van der Waals surface area (Å²) in [4.78, 5) is 24.2. The summed E-state index contributed by atoms with van der Waals surface area (Å²) < 4.78 is 1.86. The van der Waals surface area contributed by atoms with E-state index in [0.29, 0.717) is 17.4 Å². The van der Waals surface area contributed by atoms with Gasteiger partial charge in [-0.1, -0.05) is 33.1 Å². The molecule has 2 heterocycles. The molecule has 0 unspecified atom stereocenters. The maximum atomic E-state index is 12.9. The molecule has 3 aromatic rings. The summed E-state index contributed by atoms with van der Waals surface area (Å²) in [5, 5.41) is 11.0. The summed E-state index contributed by atoms with van der Waals surface area (Å²) >= 11 is 0. The van der Waals surface area contributed by atoms with Crippen LogP contribution in [0.25, 0.3) is 11.4 Å². The average Bonchev–Trinajstić information content (AvgIpc) is 3.62. The third-order valence-electron chi connectivity index (χ3n) is 6.46. The highest BCUT2D eigenvalue weighted by Gasteiger charge is 2.30. The van der Waals surface area contributed by atoms with Crippen LogP contribution < -0.4 is 10.2 Å². The highest BCUT2D eigenvalue weighted by atomic mass is 16.1. The summed E-state index contributed by atoms with van der Waals surface area (Å²) in [7, 11) is 1.90. The molecular weight excluding hydrogens is 426 g/mol. The normalized spacial score (nSPS) is 15.9. The molecule has 5 rings (SSSR count). The van der Waals surface area contributed by atoms with Gasteiger partial charge in [0.2, 0.25) is 0 Å². The zero-order valence-corrected chi connectivity index (χ0v) is 20.4. The lowest BCUT2D eigenvalue weighted by molar-refractivity contribution is 0.102. The van der Waals surface area contributed by atoms with Gasteiger partial charge < -0.3 is 14.8 Å². The van der Waals surface area contributed by atoms with Gasteiger partial charge in [0.25, 0.3) is 5.91 Å². The number of benzene rings is 1. The number of carbonyl (C=O) groups excluding carboxylic acids is 1. The fraction of sp³-hybridized carbons (Fsp3) is 0.500. The highest BCUT2D eigenvalue weighted by molar-refractivity contribution is 6.03. The molecule has 1 aromatic carbocycles. The minimum Gasteiger partial charge on any atom is -0.353 e. The number of anilines is 2. The van der Waals surface area contributed by atoms with Gasteiger partial charge >= 0.3 is 0 Å². The second kappa shape index (κ2) is 11.2. The molecule has 0 saturated heterocycles. The lowest BCUT2D eigenvalue weighted by Crippen LogP contribution is -2.39.